The number of aromatic carboxylic acids is 1. The number of carboxylic acid groups (broad SMARTS) is 1. The second-order valence-electron chi connectivity index (χ2n) is 3.95. The van der Waals surface area contributed by atoms with Gasteiger partial charge in [-0.3, -0.25) is 4.79 Å². The third-order valence-corrected chi connectivity index (χ3v) is 3.47. The zero-order chi connectivity index (χ0) is 15.6. The lowest BCUT2D eigenvalue weighted by Crippen LogP contribution is -2.14. The number of hydrogen-bond donors (Lipinski definition) is 2. The number of halogens is 3. The summed E-state index contributed by atoms with van der Waals surface area (Å²) >= 11 is 8.88. The number of carbonyl (C=O) groups is 2. The van der Waals surface area contributed by atoms with Gasteiger partial charge in [-0.1, -0.05) is 11.6 Å². The van der Waals surface area contributed by atoms with E-state index in [0.29, 0.717) is 10.2 Å². The van der Waals surface area contributed by atoms with Gasteiger partial charge in [0.1, 0.15) is 11.0 Å². The monoisotopic (exact) mass is 372 g/mol. The number of nitrogens with one attached hydrogen (secondary N) is 1. The quantitative estimate of drug-likeness (QED) is 0.806. The molecule has 21 heavy (non-hydrogen) atoms. The fourth-order valence-electron chi connectivity index (χ4n) is 1.52. The van der Waals surface area contributed by atoms with E-state index < -0.39 is 17.7 Å². The first-order valence-electron chi connectivity index (χ1n) is 5.53. The molecule has 2 N–H and O–H groups in total. The lowest BCUT2D eigenvalue weighted by molar-refractivity contribution is 0.0696. The number of nitrogens with zero attached hydrogens (tertiary/aromatic N) is 1. The standard InChI is InChI=1S/C13H7BrClFN2O3/c14-9-3-6(13(20)21)1-2-10(9)18-12(19)8-4-7(16)5-17-11(8)15/h1-5H,(H,18,19)(H,20,21). The average molecular weight is 374 g/mol. The Kier molecular flexibility index (Phi) is 4.54. The summed E-state index contributed by atoms with van der Waals surface area (Å²) in [6.07, 6.45) is 0.899. The number of pyridine rings is 1. The topological polar surface area (TPSA) is 79.3 Å². The Morgan fingerprint density at radius 1 is 1.33 bits per heavy atom. The summed E-state index contributed by atoms with van der Waals surface area (Å²) in [6, 6.07) is 5.04. The molecule has 0 aliphatic carbocycles. The van der Waals surface area contributed by atoms with Gasteiger partial charge in [0.15, 0.2) is 0 Å². The van der Waals surface area contributed by atoms with Crippen molar-refractivity contribution in [1.29, 1.82) is 0 Å². The molecule has 0 spiro atoms. The Balaban J connectivity index is 2.27. The van der Waals surface area contributed by atoms with Gasteiger partial charge in [-0.25, -0.2) is 14.2 Å². The van der Waals surface area contributed by atoms with Crippen LogP contribution in [0.1, 0.15) is 20.7 Å². The van der Waals surface area contributed by atoms with Gasteiger partial charge in [0, 0.05) is 4.47 Å². The number of hydrogen-bond acceptors (Lipinski definition) is 3. The zero-order valence-electron chi connectivity index (χ0n) is 10.2. The van der Waals surface area contributed by atoms with Crippen molar-refractivity contribution in [2.24, 2.45) is 0 Å². The van der Waals surface area contributed by atoms with Crippen molar-refractivity contribution >= 4 is 45.1 Å². The van der Waals surface area contributed by atoms with Gasteiger partial charge in [0.25, 0.3) is 5.91 Å². The van der Waals surface area contributed by atoms with Crippen molar-refractivity contribution in [1.82, 2.24) is 4.98 Å². The summed E-state index contributed by atoms with van der Waals surface area (Å²) < 4.78 is 13.5. The van der Waals surface area contributed by atoms with Crippen molar-refractivity contribution in [2.45, 2.75) is 0 Å². The largest absolute Gasteiger partial charge is 0.478 e. The molecule has 8 heteroatoms. The Bertz CT molecular complexity index is 739. The molecule has 0 atom stereocenters. The lowest BCUT2D eigenvalue weighted by Gasteiger charge is -2.09. The van der Waals surface area contributed by atoms with Crippen LogP contribution in [0.15, 0.2) is 34.9 Å². The van der Waals surface area contributed by atoms with Crippen LogP contribution in [0.3, 0.4) is 0 Å². The highest BCUT2D eigenvalue weighted by molar-refractivity contribution is 9.10. The SMILES string of the molecule is O=C(O)c1ccc(NC(=O)c2cc(F)cnc2Cl)c(Br)c1. The Hall–Kier alpha value is -1.99. The fraction of sp³-hybridized carbons (Fsp3) is 0. The van der Waals surface area contributed by atoms with E-state index >= 15 is 0 Å². The second kappa shape index (κ2) is 6.19. The third kappa shape index (κ3) is 3.56. The predicted octanol–water partition coefficient (Wildman–Crippen LogP) is 3.59. The molecule has 0 aliphatic heterocycles. The molecule has 0 bridgehead atoms. The number of aromatic nitrogens is 1. The first-order chi connectivity index (χ1) is 9.88. The van der Waals surface area contributed by atoms with E-state index in [1.165, 1.54) is 18.2 Å². The van der Waals surface area contributed by atoms with E-state index in [-0.39, 0.29) is 16.3 Å². The molecule has 1 aromatic carbocycles. The van der Waals surface area contributed by atoms with Crippen LogP contribution in [-0.2, 0) is 0 Å². The minimum absolute atomic E-state index is 0.0605. The van der Waals surface area contributed by atoms with E-state index in [0.717, 1.165) is 12.3 Å². The minimum atomic E-state index is -1.09. The summed E-state index contributed by atoms with van der Waals surface area (Å²) in [5.41, 5.74) is 0.265. The van der Waals surface area contributed by atoms with Gasteiger partial charge in [-0.15, -0.1) is 0 Å². The maximum Gasteiger partial charge on any atom is 0.335 e. The van der Waals surface area contributed by atoms with Crippen molar-refractivity contribution in [2.75, 3.05) is 5.32 Å². The molecular formula is C13H7BrClFN2O3. The van der Waals surface area contributed by atoms with Crippen LogP contribution in [0.4, 0.5) is 10.1 Å². The van der Waals surface area contributed by atoms with Crippen LogP contribution in [0.2, 0.25) is 5.15 Å². The van der Waals surface area contributed by atoms with Crippen LogP contribution < -0.4 is 5.32 Å². The van der Waals surface area contributed by atoms with Crippen molar-refractivity contribution in [3.63, 3.8) is 0 Å². The molecule has 0 unspecified atom stereocenters. The smallest absolute Gasteiger partial charge is 0.335 e. The van der Waals surface area contributed by atoms with Crippen molar-refractivity contribution in [3.05, 3.63) is 57.0 Å². The normalized spacial score (nSPS) is 10.2. The summed E-state index contributed by atoms with van der Waals surface area (Å²) in [7, 11) is 0. The van der Waals surface area contributed by atoms with Crippen LogP contribution in [0.5, 0.6) is 0 Å². The third-order valence-electron chi connectivity index (χ3n) is 2.51. The maximum absolute atomic E-state index is 13.1. The van der Waals surface area contributed by atoms with Gasteiger partial charge in [0.2, 0.25) is 0 Å². The number of anilines is 1. The van der Waals surface area contributed by atoms with Gasteiger partial charge in [-0.05, 0) is 40.2 Å². The molecule has 1 heterocycles. The first kappa shape index (κ1) is 15.4. The molecule has 108 valence electrons. The van der Waals surface area contributed by atoms with E-state index in [9.17, 15) is 14.0 Å². The molecule has 0 aliphatic rings. The summed E-state index contributed by atoms with van der Waals surface area (Å²) in [5, 5.41) is 11.2. The van der Waals surface area contributed by atoms with E-state index in [4.69, 9.17) is 16.7 Å². The summed E-state index contributed by atoms with van der Waals surface area (Å²) in [6.45, 7) is 0. The van der Waals surface area contributed by atoms with Crippen molar-refractivity contribution in [3.8, 4) is 0 Å². The molecule has 1 amide bonds. The highest BCUT2D eigenvalue weighted by Crippen LogP contribution is 2.25. The number of amides is 1. The molecule has 1 aromatic heterocycles. The first-order valence-corrected chi connectivity index (χ1v) is 6.71. The Labute approximate surface area is 131 Å². The molecule has 0 saturated carbocycles. The average Bonchev–Trinajstić information content (AvgIpc) is 2.43. The van der Waals surface area contributed by atoms with Crippen molar-refractivity contribution < 1.29 is 19.1 Å². The maximum atomic E-state index is 13.1. The van der Waals surface area contributed by atoms with Crippen LogP contribution in [0, 0.1) is 5.82 Å². The summed E-state index contributed by atoms with van der Waals surface area (Å²) in [4.78, 5) is 26.4. The Morgan fingerprint density at radius 2 is 2.05 bits per heavy atom. The zero-order valence-corrected chi connectivity index (χ0v) is 12.6. The van der Waals surface area contributed by atoms with Gasteiger partial charge >= 0.3 is 5.97 Å². The van der Waals surface area contributed by atoms with Crippen LogP contribution in [0.25, 0.3) is 0 Å². The molecule has 2 aromatic rings. The van der Waals surface area contributed by atoms with Crippen LogP contribution in [-0.4, -0.2) is 22.0 Å². The molecule has 0 fully saturated rings. The van der Waals surface area contributed by atoms with E-state index in [1.807, 2.05) is 0 Å². The van der Waals surface area contributed by atoms with E-state index in [2.05, 4.69) is 26.2 Å². The fourth-order valence-corrected chi connectivity index (χ4v) is 2.19. The summed E-state index contributed by atoms with van der Waals surface area (Å²) in [5.74, 6) is -2.44. The number of carboxylic acids is 1. The minimum Gasteiger partial charge on any atom is -0.478 e. The van der Waals surface area contributed by atoms with Gasteiger partial charge in [-0.2, -0.15) is 0 Å². The molecule has 5 nitrogen and oxygen atoms in total. The highest BCUT2D eigenvalue weighted by Gasteiger charge is 2.15. The molecule has 0 radical (unpaired) electrons. The molecule has 2 rings (SSSR count). The lowest BCUT2D eigenvalue weighted by atomic mass is 10.2. The predicted molar refractivity (Wildman–Crippen MR) is 78.3 cm³/mol. The number of rotatable bonds is 3. The van der Waals surface area contributed by atoms with E-state index in [1.54, 1.807) is 0 Å². The molecular weight excluding hydrogens is 367 g/mol. The molecule has 0 saturated heterocycles. The Morgan fingerprint density at radius 3 is 2.67 bits per heavy atom. The number of benzene rings is 1. The highest BCUT2D eigenvalue weighted by atomic mass is 79.9. The van der Waals surface area contributed by atoms with Crippen LogP contribution >= 0.6 is 27.5 Å². The second-order valence-corrected chi connectivity index (χ2v) is 5.16. The number of carbonyl (C=O) groups excluding carboxylic acids is 1. The van der Waals surface area contributed by atoms with Gasteiger partial charge in [0.05, 0.1) is 23.0 Å². The van der Waals surface area contributed by atoms with Gasteiger partial charge < -0.3 is 10.4 Å².